The lowest BCUT2D eigenvalue weighted by Gasteiger charge is -2.11. The van der Waals surface area contributed by atoms with Crippen LogP contribution in [0.15, 0.2) is 18.2 Å². The van der Waals surface area contributed by atoms with E-state index in [1.54, 1.807) is 14.2 Å². The Balaban J connectivity index is 2.41. The summed E-state index contributed by atoms with van der Waals surface area (Å²) in [6.45, 7) is 6.58. The number of rotatable bonds is 8. The lowest BCUT2D eigenvalue weighted by molar-refractivity contribution is 0.390. The average molecular weight is 251 g/mol. The summed E-state index contributed by atoms with van der Waals surface area (Å²) < 4.78 is 10.6. The molecule has 18 heavy (non-hydrogen) atoms. The predicted octanol–water partition coefficient (Wildman–Crippen LogP) is 2.88. The van der Waals surface area contributed by atoms with E-state index in [1.165, 1.54) is 5.56 Å². The molecule has 0 heterocycles. The zero-order valence-electron chi connectivity index (χ0n) is 12.0. The maximum Gasteiger partial charge on any atom is 0.125 e. The van der Waals surface area contributed by atoms with E-state index in [0.29, 0.717) is 5.92 Å². The second-order valence-electron chi connectivity index (χ2n) is 4.88. The highest BCUT2D eigenvalue weighted by atomic mass is 16.5. The Morgan fingerprint density at radius 1 is 1.17 bits per heavy atom. The number of nitrogens with one attached hydrogen (secondary N) is 1. The van der Waals surface area contributed by atoms with Crippen LogP contribution in [0.1, 0.15) is 25.8 Å². The lowest BCUT2D eigenvalue weighted by atomic mass is 10.1. The van der Waals surface area contributed by atoms with Crippen LogP contribution in [0, 0.1) is 5.92 Å². The van der Waals surface area contributed by atoms with E-state index in [-0.39, 0.29) is 0 Å². The van der Waals surface area contributed by atoms with Crippen LogP contribution in [0.5, 0.6) is 11.5 Å². The van der Waals surface area contributed by atoms with Gasteiger partial charge in [-0.25, -0.2) is 0 Å². The van der Waals surface area contributed by atoms with Crippen LogP contribution in [0.2, 0.25) is 0 Å². The molecule has 102 valence electrons. The van der Waals surface area contributed by atoms with Gasteiger partial charge >= 0.3 is 0 Å². The van der Waals surface area contributed by atoms with E-state index in [0.717, 1.165) is 37.4 Å². The van der Waals surface area contributed by atoms with Crippen LogP contribution in [0.4, 0.5) is 0 Å². The Morgan fingerprint density at radius 3 is 2.56 bits per heavy atom. The first-order chi connectivity index (χ1) is 8.67. The van der Waals surface area contributed by atoms with Crippen molar-refractivity contribution >= 4 is 0 Å². The molecule has 0 aliphatic carbocycles. The van der Waals surface area contributed by atoms with E-state index >= 15 is 0 Å². The monoisotopic (exact) mass is 251 g/mol. The maximum atomic E-state index is 5.38. The molecule has 0 amide bonds. The van der Waals surface area contributed by atoms with Gasteiger partial charge in [0.2, 0.25) is 0 Å². The maximum absolute atomic E-state index is 5.38. The minimum atomic E-state index is 0.709. The molecule has 1 aromatic carbocycles. The van der Waals surface area contributed by atoms with E-state index in [9.17, 15) is 0 Å². The number of hydrogen-bond acceptors (Lipinski definition) is 3. The Kier molecular flexibility index (Phi) is 6.58. The minimum Gasteiger partial charge on any atom is -0.497 e. The summed E-state index contributed by atoms with van der Waals surface area (Å²) in [6.07, 6.45) is 2.15. The van der Waals surface area contributed by atoms with Gasteiger partial charge in [0.15, 0.2) is 0 Å². The fourth-order valence-electron chi connectivity index (χ4n) is 1.85. The minimum absolute atomic E-state index is 0.709. The molecular formula is C15H25NO2. The smallest absolute Gasteiger partial charge is 0.125 e. The molecule has 1 aromatic rings. The molecule has 1 rings (SSSR count). The quantitative estimate of drug-likeness (QED) is 0.721. The van der Waals surface area contributed by atoms with Gasteiger partial charge < -0.3 is 14.8 Å². The van der Waals surface area contributed by atoms with Crippen molar-refractivity contribution in [3.05, 3.63) is 23.8 Å². The van der Waals surface area contributed by atoms with Crippen LogP contribution in [0.25, 0.3) is 0 Å². The molecule has 0 radical (unpaired) electrons. The fourth-order valence-corrected chi connectivity index (χ4v) is 1.85. The van der Waals surface area contributed by atoms with E-state index in [1.807, 2.05) is 12.1 Å². The highest BCUT2D eigenvalue weighted by Gasteiger charge is 2.04. The summed E-state index contributed by atoms with van der Waals surface area (Å²) in [6, 6.07) is 6.01. The summed E-state index contributed by atoms with van der Waals surface area (Å²) in [4.78, 5) is 0. The second-order valence-corrected chi connectivity index (χ2v) is 4.88. The molecule has 0 unspecified atom stereocenters. The molecule has 0 saturated carbocycles. The molecule has 3 nitrogen and oxygen atoms in total. The van der Waals surface area contributed by atoms with Crippen LogP contribution >= 0.6 is 0 Å². The fraction of sp³-hybridized carbons (Fsp3) is 0.600. The molecule has 3 heteroatoms. The molecule has 0 atom stereocenters. The van der Waals surface area contributed by atoms with Crippen molar-refractivity contribution in [1.82, 2.24) is 5.32 Å². The van der Waals surface area contributed by atoms with Crippen LogP contribution in [-0.2, 0) is 6.42 Å². The van der Waals surface area contributed by atoms with Crippen molar-refractivity contribution in [2.45, 2.75) is 26.7 Å². The van der Waals surface area contributed by atoms with Gasteiger partial charge in [0.25, 0.3) is 0 Å². The third-order valence-electron chi connectivity index (χ3n) is 2.85. The Hall–Kier alpha value is -1.22. The summed E-state index contributed by atoms with van der Waals surface area (Å²) in [5, 5.41) is 3.45. The van der Waals surface area contributed by atoms with E-state index in [4.69, 9.17) is 9.47 Å². The standard InChI is InChI=1S/C15H25NO2/c1-12(2)11-16-9-5-6-13-7-8-14(17-3)10-15(13)18-4/h7-8,10,12,16H,5-6,9,11H2,1-4H3. The zero-order valence-corrected chi connectivity index (χ0v) is 12.0. The molecule has 0 bridgehead atoms. The number of methoxy groups -OCH3 is 2. The van der Waals surface area contributed by atoms with Gasteiger partial charge in [0.1, 0.15) is 11.5 Å². The SMILES string of the molecule is COc1ccc(CCCNCC(C)C)c(OC)c1. The van der Waals surface area contributed by atoms with Crippen LogP contribution < -0.4 is 14.8 Å². The Morgan fingerprint density at radius 2 is 1.94 bits per heavy atom. The predicted molar refractivity (Wildman–Crippen MR) is 75.6 cm³/mol. The first kappa shape index (κ1) is 14.8. The topological polar surface area (TPSA) is 30.5 Å². The van der Waals surface area contributed by atoms with Gasteiger partial charge in [-0.05, 0) is 43.5 Å². The average Bonchev–Trinajstić information content (AvgIpc) is 2.38. The number of hydrogen-bond donors (Lipinski definition) is 1. The van der Waals surface area contributed by atoms with Gasteiger partial charge in [-0.1, -0.05) is 19.9 Å². The van der Waals surface area contributed by atoms with Gasteiger partial charge in [0.05, 0.1) is 14.2 Å². The van der Waals surface area contributed by atoms with Gasteiger partial charge in [-0.2, -0.15) is 0 Å². The van der Waals surface area contributed by atoms with Gasteiger partial charge in [-0.15, -0.1) is 0 Å². The first-order valence-corrected chi connectivity index (χ1v) is 6.59. The van der Waals surface area contributed by atoms with Crippen molar-refractivity contribution in [1.29, 1.82) is 0 Å². The number of aryl methyl sites for hydroxylation is 1. The third-order valence-corrected chi connectivity index (χ3v) is 2.85. The molecule has 0 aliphatic heterocycles. The molecule has 0 aromatic heterocycles. The van der Waals surface area contributed by atoms with Crippen molar-refractivity contribution in [3.8, 4) is 11.5 Å². The summed E-state index contributed by atoms with van der Waals surface area (Å²) >= 11 is 0. The van der Waals surface area contributed by atoms with E-state index < -0.39 is 0 Å². The highest BCUT2D eigenvalue weighted by Crippen LogP contribution is 2.25. The second kappa shape index (κ2) is 7.98. The molecule has 0 fully saturated rings. The lowest BCUT2D eigenvalue weighted by Crippen LogP contribution is -2.21. The molecule has 1 N–H and O–H groups in total. The zero-order chi connectivity index (χ0) is 13.4. The van der Waals surface area contributed by atoms with Gasteiger partial charge in [0, 0.05) is 6.07 Å². The van der Waals surface area contributed by atoms with Crippen molar-refractivity contribution in [3.63, 3.8) is 0 Å². The van der Waals surface area contributed by atoms with Crippen LogP contribution in [-0.4, -0.2) is 27.3 Å². The normalized spacial score (nSPS) is 10.7. The van der Waals surface area contributed by atoms with Crippen molar-refractivity contribution < 1.29 is 9.47 Å². The molecule has 0 aliphatic rings. The van der Waals surface area contributed by atoms with Crippen molar-refractivity contribution in [2.24, 2.45) is 5.92 Å². The third kappa shape index (κ3) is 4.96. The molecule has 0 spiro atoms. The summed E-state index contributed by atoms with van der Waals surface area (Å²) in [5.74, 6) is 2.47. The molecular weight excluding hydrogens is 226 g/mol. The van der Waals surface area contributed by atoms with Crippen LogP contribution in [0.3, 0.4) is 0 Å². The highest BCUT2D eigenvalue weighted by molar-refractivity contribution is 5.40. The Bertz CT molecular complexity index is 350. The number of ether oxygens (including phenoxy) is 2. The van der Waals surface area contributed by atoms with E-state index in [2.05, 4.69) is 25.2 Å². The van der Waals surface area contributed by atoms with Gasteiger partial charge in [-0.3, -0.25) is 0 Å². The molecule has 0 saturated heterocycles. The number of benzene rings is 1. The Labute approximate surface area is 110 Å². The summed E-state index contributed by atoms with van der Waals surface area (Å²) in [7, 11) is 3.37. The summed E-state index contributed by atoms with van der Waals surface area (Å²) in [5.41, 5.74) is 1.24. The van der Waals surface area contributed by atoms with Crippen molar-refractivity contribution in [2.75, 3.05) is 27.3 Å². The first-order valence-electron chi connectivity index (χ1n) is 6.59. The largest absolute Gasteiger partial charge is 0.497 e.